The average molecular weight is 338 g/mol. The lowest BCUT2D eigenvalue weighted by Gasteiger charge is -2.36. The highest BCUT2D eigenvalue weighted by Crippen LogP contribution is 2.33. The summed E-state index contributed by atoms with van der Waals surface area (Å²) in [6.07, 6.45) is 5.31. The molecule has 3 heterocycles. The number of aliphatic hydroxyl groups is 1. The lowest BCUT2D eigenvalue weighted by Crippen LogP contribution is -2.37. The molecule has 5 heteroatoms. The van der Waals surface area contributed by atoms with Crippen molar-refractivity contribution in [1.82, 2.24) is 15.3 Å². The molecule has 0 saturated carbocycles. The van der Waals surface area contributed by atoms with E-state index in [-0.39, 0.29) is 6.10 Å². The van der Waals surface area contributed by atoms with Crippen LogP contribution in [0.25, 0.3) is 0 Å². The second kappa shape index (κ2) is 7.50. The van der Waals surface area contributed by atoms with Crippen LogP contribution in [0.4, 0.5) is 5.82 Å². The third kappa shape index (κ3) is 3.53. The molecule has 0 bridgehead atoms. The maximum Gasteiger partial charge on any atom is 0.135 e. The molecule has 1 fully saturated rings. The topological polar surface area (TPSA) is 61.3 Å². The summed E-state index contributed by atoms with van der Waals surface area (Å²) in [6.45, 7) is 3.89. The molecule has 0 spiro atoms. The maximum absolute atomic E-state index is 10.7. The standard InChI is InChI=1S/C20H26N4O/c25-19(15-4-2-1-3-5-15)16-8-12-24(13-9-16)20-17-6-10-21-11-7-18(17)22-14-23-20/h1-5,14,16,19,21,25H,6-13H2/t19-/m1/s1. The van der Waals surface area contributed by atoms with E-state index in [2.05, 4.69) is 20.2 Å². The lowest BCUT2D eigenvalue weighted by molar-refractivity contribution is 0.0928. The van der Waals surface area contributed by atoms with Crippen LogP contribution in [0.1, 0.15) is 35.8 Å². The molecular weight excluding hydrogens is 312 g/mol. The summed E-state index contributed by atoms with van der Waals surface area (Å²) >= 11 is 0. The number of benzene rings is 1. The molecule has 1 aromatic carbocycles. The minimum atomic E-state index is -0.366. The monoisotopic (exact) mass is 338 g/mol. The Labute approximate surface area is 149 Å². The minimum absolute atomic E-state index is 0.320. The number of nitrogens with one attached hydrogen (secondary N) is 1. The van der Waals surface area contributed by atoms with Crippen molar-refractivity contribution in [1.29, 1.82) is 0 Å². The molecule has 2 aromatic rings. The van der Waals surface area contributed by atoms with E-state index in [1.807, 2.05) is 30.3 Å². The van der Waals surface area contributed by atoms with Crippen molar-refractivity contribution in [3.8, 4) is 0 Å². The largest absolute Gasteiger partial charge is 0.388 e. The number of hydrogen-bond acceptors (Lipinski definition) is 5. The third-order valence-corrected chi connectivity index (χ3v) is 5.53. The van der Waals surface area contributed by atoms with E-state index in [9.17, 15) is 5.11 Å². The summed E-state index contributed by atoms with van der Waals surface area (Å²) in [6, 6.07) is 10.0. The smallest absolute Gasteiger partial charge is 0.135 e. The number of aromatic nitrogens is 2. The Morgan fingerprint density at radius 3 is 2.60 bits per heavy atom. The quantitative estimate of drug-likeness (QED) is 0.898. The first-order valence-corrected chi connectivity index (χ1v) is 9.34. The number of piperidine rings is 1. The first kappa shape index (κ1) is 16.5. The molecule has 132 valence electrons. The van der Waals surface area contributed by atoms with Gasteiger partial charge in [0.15, 0.2) is 0 Å². The second-order valence-corrected chi connectivity index (χ2v) is 7.05. The van der Waals surface area contributed by atoms with Crippen LogP contribution in [0.15, 0.2) is 36.7 Å². The van der Waals surface area contributed by atoms with E-state index in [1.54, 1.807) is 6.33 Å². The summed E-state index contributed by atoms with van der Waals surface area (Å²) in [4.78, 5) is 11.5. The zero-order valence-electron chi connectivity index (χ0n) is 14.6. The van der Waals surface area contributed by atoms with Crippen LogP contribution in [-0.2, 0) is 12.8 Å². The van der Waals surface area contributed by atoms with Crippen LogP contribution >= 0.6 is 0 Å². The van der Waals surface area contributed by atoms with E-state index in [0.29, 0.717) is 5.92 Å². The average Bonchev–Trinajstić information content (AvgIpc) is 2.94. The molecule has 25 heavy (non-hydrogen) atoms. The molecule has 2 aliphatic rings. The van der Waals surface area contributed by atoms with Crippen LogP contribution in [-0.4, -0.2) is 41.3 Å². The van der Waals surface area contributed by atoms with E-state index in [0.717, 1.165) is 63.2 Å². The van der Waals surface area contributed by atoms with Gasteiger partial charge in [-0.3, -0.25) is 0 Å². The summed E-state index contributed by atoms with van der Waals surface area (Å²) in [5.74, 6) is 1.43. The van der Waals surface area contributed by atoms with Gasteiger partial charge in [0.1, 0.15) is 12.1 Å². The van der Waals surface area contributed by atoms with Gasteiger partial charge in [-0.1, -0.05) is 30.3 Å². The minimum Gasteiger partial charge on any atom is -0.388 e. The molecule has 2 N–H and O–H groups in total. The van der Waals surface area contributed by atoms with Gasteiger partial charge in [0.25, 0.3) is 0 Å². The predicted molar refractivity (Wildman–Crippen MR) is 98.6 cm³/mol. The molecule has 0 radical (unpaired) electrons. The van der Waals surface area contributed by atoms with Crippen molar-refractivity contribution in [3.63, 3.8) is 0 Å². The molecule has 4 rings (SSSR count). The Kier molecular flexibility index (Phi) is 4.95. The molecule has 1 saturated heterocycles. The fraction of sp³-hybridized carbons (Fsp3) is 0.500. The SMILES string of the molecule is O[C@H](c1ccccc1)C1CCN(c2ncnc3c2CCNCC3)CC1. The van der Waals surface area contributed by atoms with Gasteiger partial charge in [0.2, 0.25) is 0 Å². The number of rotatable bonds is 3. The molecule has 0 unspecified atom stereocenters. The van der Waals surface area contributed by atoms with Crippen molar-refractivity contribution in [2.45, 2.75) is 31.8 Å². The van der Waals surface area contributed by atoms with Crippen LogP contribution in [0.5, 0.6) is 0 Å². The van der Waals surface area contributed by atoms with Crippen molar-refractivity contribution < 1.29 is 5.11 Å². The van der Waals surface area contributed by atoms with E-state index >= 15 is 0 Å². The predicted octanol–water partition coefficient (Wildman–Crippen LogP) is 2.11. The summed E-state index contributed by atoms with van der Waals surface area (Å²) in [5, 5.41) is 14.1. The van der Waals surface area contributed by atoms with Gasteiger partial charge in [0, 0.05) is 31.6 Å². The van der Waals surface area contributed by atoms with Gasteiger partial charge in [-0.15, -0.1) is 0 Å². The molecule has 0 amide bonds. The molecule has 1 atom stereocenters. The van der Waals surface area contributed by atoms with Crippen molar-refractivity contribution in [3.05, 3.63) is 53.5 Å². The first-order valence-electron chi connectivity index (χ1n) is 9.34. The molecular formula is C20H26N4O. The lowest BCUT2D eigenvalue weighted by atomic mass is 9.87. The molecule has 1 aromatic heterocycles. The van der Waals surface area contributed by atoms with Crippen LogP contribution in [0.3, 0.4) is 0 Å². The number of fused-ring (bicyclic) bond motifs is 1. The summed E-state index contributed by atoms with van der Waals surface area (Å²) in [7, 11) is 0. The number of hydrogen-bond donors (Lipinski definition) is 2. The van der Waals surface area contributed by atoms with Crippen molar-refractivity contribution in [2.24, 2.45) is 5.92 Å². The van der Waals surface area contributed by atoms with Crippen LogP contribution in [0.2, 0.25) is 0 Å². The van der Waals surface area contributed by atoms with Crippen molar-refractivity contribution in [2.75, 3.05) is 31.1 Å². The van der Waals surface area contributed by atoms with Gasteiger partial charge in [-0.2, -0.15) is 0 Å². The fourth-order valence-corrected chi connectivity index (χ4v) is 4.08. The number of nitrogens with zero attached hydrogens (tertiary/aromatic N) is 3. The highest BCUT2D eigenvalue weighted by atomic mass is 16.3. The van der Waals surface area contributed by atoms with Gasteiger partial charge in [0.05, 0.1) is 11.8 Å². The van der Waals surface area contributed by atoms with Gasteiger partial charge in [-0.05, 0) is 37.3 Å². The molecule has 5 nitrogen and oxygen atoms in total. The summed E-state index contributed by atoms with van der Waals surface area (Å²) in [5.41, 5.74) is 3.54. The maximum atomic E-state index is 10.7. The molecule has 0 aliphatic carbocycles. The highest BCUT2D eigenvalue weighted by molar-refractivity contribution is 5.49. The molecule has 2 aliphatic heterocycles. The Balaban J connectivity index is 1.46. The second-order valence-electron chi connectivity index (χ2n) is 7.05. The zero-order chi connectivity index (χ0) is 17.1. The van der Waals surface area contributed by atoms with Gasteiger partial charge >= 0.3 is 0 Å². The number of aliphatic hydroxyl groups excluding tert-OH is 1. The fourth-order valence-electron chi connectivity index (χ4n) is 4.08. The van der Waals surface area contributed by atoms with Crippen LogP contribution < -0.4 is 10.2 Å². The Morgan fingerprint density at radius 1 is 1.04 bits per heavy atom. The zero-order valence-corrected chi connectivity index (χ0v) is 14.6. The van der Waals surface area contributed by atoms with E-state index in [1.165, 1.54) is 11.3 Å². The Hall–Kier alpha value is -1.98. The Bertz CT molecular complexity index is 698. The van der Waals surface area contributed by atoms with Crippen LogP contribution in [0, 0.1) is 5.92 Å². The van der Waals surface area contributed by atoms with Gasteiger partial charge < -0.3 is 15.3 Å². The first-order chi connectivity index (χ1) is 12.3. The van der Waals surface area contributed by atoms with E-state index < -0.39 is 0 Å². The summed E-state index contributed by atoms with van der Waals surface area (Å²) < 4.78 is 0. The van der Waals surface area contributed by atoms with E-state index in [4.69, 9.17) is 0 Å². The Morgan fingerprint density at radius 2 is 1.80 bits per heavy atom. The highest BCUT2D eigenvalue weighted by Gasteiger charge is 2.28. The van der Waals surface area contributed by atoms with Gasteiger partial charge in [-0.25, -0.2) is 9.97 Å². The normalized spacial score (nSPS) is 20.0. The van der Waals surface area contributed by atoms with Crippen molar-refractivity contribution >= 4 is 5.82 Å². The number of anilines is 1. The third-order valence-electron chi connectivity index (χ3n) is 5.53.